The van der Waals surface area contributed by atoms with Crippen molar-refractivity contribution in [1.82, 2.24) is 20.1 Å². The Balaban J connectivity index is 1.52. The van der Waals surface area contributed by atoms with Crippen molar-refractivity contribution in [2.75, 3.05) is 5.75 Å². The van der Waals surface area contributed by atoms with E-state index in [1.807, 2.05) is 17.5 Å². The molecular formula is C25H32N4OS2. The van der Waals surface area contributed by atoms with E-state index >= 15 is 0 Å². The van der Waals surface area contributed by atoms with Gasteiger partial charge < -0.3 is 5.32 Å². The van der Waals surface area contributed by atoms with Crippen LogP contribution in [0.2, 0.25) is 0 Å². The molecule has 2 heterocycles. The number of thiophene rings is 1. The van der Waals surface area contributed by atoms with Crippen LogP contribution in [0.4, 0.5) is 0 Å². The predicted molar refractivity (Wildman–Crippen MR) is 133 cm³/mol. The SMILES string of the molecule is CC(C)(C)c1ccc(-c2nnc(SCC(=O)NCc3cccs3)n2C2CCCCC2)cc1. The summed E-state index contributed by atoms with van der Waals surface area (Å²) < 4.78 is 2.29. The number of hydrogen-bond acceptors (Lipinski definition) is 5. The molecular weight excluding hydrogens is 436 g/mol. The third kappa shape index (κ3) is 5.62. The summed E-state index contributed by atoms with van der Waals surface area (Å²) in [4.78, 5) is 13.6. The fourth-order valence-electron chi connectivity index (χ4n) is 4.14. The number of benzene rings is 1. The first-order valence-corrected chi connectivity index (χ1v) is 13.3. The van der Waals surface area contributed by atoms with Gasteiger partial charge >= 0.3 is 0 Å². The molecule has 1 aromatic carbocycles. The second-order valence-electron chi connectivity index (χ2n) is 9.44. The van der Waals surface area contributed by atoms with Crippen LogP contribution in [0, 0.1) is 0 Å². The zero-order valence-electron chi connectivity index (χ0n) is 19.1. The van der Waals surface area contributed by atoms with E-state index in [9.17, 15) is 4.79 Å². The summed E-state index contributed by atoms with van der Waals surface area (Å²) in [5.74, 6) is 1.29. The lowest BCUT2D eigenvalue weighted by Gasteiger charge is -2.26. The van der Waals surface area contributed by atoms with E-state index < -0.39 is 0 Å². The van der Waals surface area contributed by atoms with Crippen molar-refractivity contribution in [2.45, 2.75) is 76.0 Å². The maximum absolute atomic E-state index is 12.4. The van der Waals surface area contributed by atoms with Crippen LogP contribution in [0.5, 0.6) is 0 Å². The number of rotatable bonds is 7. The summed E-state index contributed by atoms with van der Waals surface area (Å²) in [5.41, 5.74) is 2.51. The molecule has 1 fully saturated rings. The standard InChI is InChI=1S/C25H32N4OS2/c1-25(2,3)19-13-11-18(12-14-19)23-27-28-24(29(23)20-8-5-4-6-9-20)32-17-22(30)26-16-21-10-7-15-31-21/h7,10-15,20H,4-6,8-9,16-17H2,1-3H3,(H,26,30). The maximum Gasteiger partial charge on any atom is 0.230 e. The third-order valence-electron chi connectivity index (χ3n) is 5.99. The number of carbonyl (C=O) groups is 1. The monoisotopic (exact) mass is 468 g/mol. The summed E-state index contributed by atoms with van der Waals surface area (Å²) in [5, 5.41) is 15.0. The Morgan fingerprint density at radius 3 is 2.53 bits per heavy atom. The Labute approximate surface area is 199 Å². The molecule has 2 aromatic heterocycles. The molecule has 1 aliphatic rings. The number of nitrogens with one attached hydrogen (secondary N) is 1. The minimum absolute atomic E-state index is 0.0256. The molecule has 1 N–H and O–H groups in total. The molecule has 1 aliphatic carbocycles. The van der Waals surface area contributed by atoms with E-state index in [1.54, 1.807) is 11.3 Å². The fraction of sp³-hybridized carbons (Fsp3) is 0.480. The van der Waals surface area contributed by atoms with Gasteiger partial charge in [0.1, 0.15) is 0 Å². The molecule has 0 spiro atoms. The van der Waals surface area contributed by atoms with Gasteiger partial charge in [0, 0.05) is 16.5 Å². The van der Waals surface area contributed by atoms with Crippen LogP contribution in [0.25, 0.3) is 11.4 Å². The van der Waals surface area contributed by atoms with Crippen molar-refractivity contribution in [3.63, 3.8) is 0 Å². The molecule has 0 unspecified atom stereocenters. The second kappa shape index (κ2) is 10.2. The minimum atomic E-state index is 0.0256. The van der Waals surface area contributed by atoms with Crippen LogP contribution in [0.3, 0.4) is 0 Å². The Bertz CT molecular complexity index is 1010. The van der Waals surface area contributed by atoms with Crippen LogP contribution in [-0.2, 0) is 16.8 Å². The maximum atomic E-state index is 12.4. The number of amides is 1. The highest BCUT2D eigenvalue weighted by atomic mass is 32.2. The van der Waals surface area contributed by atoms with Gasteiger partial charge in [0.05, 0.1) is 12.3 Å². The average molecular weight is 469 g/mol. The van der Waals surface area contributed by atoms with Crippen LogP contribution < -0.4 is 5.32 Å². The summed E-state index contributed by atoms with van der Waals surface area (Å²) >= 11 is 3.15. The largest absolute Gasteiger partial charge is 0.350 e. The molecule has 5 nitrogen and oxygen atoms in total. The summed E-state index contributed by atoms with van der Waals surface area (Å²) in [6, 6.07) is 13.1. The van der Waals surface area contributed by atoms with Gasteiger partial charge in [0.15, 0.2) is 11.0 Å². The van der Waals surface area contributed by atoms with Crippen LogP contribution in [0.1, 0.15) is 69.4 Å². The molecule has 4 rings (SSSR count). The molecule has 170 valence electrons. The highest BCUT2D eigenvalue weighted by molar-refractivity contribution is 7.99. The van der Waals surface area contributed by atoms with Gasteiger partial charge in [0.2, 0.25) is 5.91 Å². The Morgan fingerprint density at radius 1 is 1.12 bits per heavy atom. The van der Waals surface area contributed by atoms with Gasteiger partial charge in [-0.15, -0.1) is 21.5 Å². The molecule has 0 bridgehead atoms. The average Bonchev–Trinajstić information content (AvgIpc) is 3.46. The van der Waals surface area contributed by atoms with Crippen molar-refractivity contribution in [2.24, 2.45) is 0 Å². The number of carbonyl (C=O) groups excluding carboxylic acids is 1. The van der Waals surface area contributed by atoms with E-state index in [1.165, 1.54) is 36.6 Å². The highest BCUT2D eigenvalue weighted by Crippen LogP contribution is 2.36. The zero-order valence-corrected chi connectivity index (χ0v) is 20.8. The van der Waals surface area contributed by atoms with Gasteiger partial charge in [-0.2, -0.15) is 0 Å². The smallest absolute Gasteiger partial charge is 0.230 e. The summed E-state index contributed by atoms with van der Waals surface area (Å²) in [6.45, 7) is 7.26. The molecule has 0 saturated heterocycles. The molecule has 3 aromatic rings. The lowest BCUT2D eigenvalue weighted by atomic mass is 9.86. The zero-order chi connectivity index (χ0) is 22.6. The fourth-order valence-corrected chi connectivity index (χ4v) is 5.62. The third-order valence-corrected chi connectivity index (χ3v) is 7.81. The van der Waals surface area contributed by atoms with Gasteiger partial charge in [0.25, 0.3) is 0 Å². The molecule has 0 atom stereocenters. The van der Waals surface area contributed by atoms with Crippen molar-refractivity contribution in [3.05, 3.63) is 52.2 Å². The van der Waals surface area contributed by atoms with E-state index in [0.29, 0.717) is 18.3 Å². The highest BCUT2D eigenvalue weighted by Gasteiger charge is 2.24. The van der Waals surface area contributed by atoms with Crippen molar-refractivity contribution in [1.29, 1.82) is 0 Å². The number of hydrogen-bond donors (Lipinski definition) is 1. The topological polar surface area (TPSA) is 59.8 Å². The first-order valence-electron chi connectivity index (χ1n) is 11.4. The van der Waals surface area contributed by atoms with Crippen LogP contribution in [0.15, 0.2) is 46.9 Å². The number of aromatic nitrogens is 3. The van der Waals surface area contributed by atoms with Gasteiger partial charge in [-0.05, 0) is 35.3 Å². The summed E-state index contributed by atoms with van der Waals surface area (Å²) in [6.07, 6.45) is 6.04. The van der Waals surface area contributed by atoms with E-state index in [2.05, 4.69) is 65.1 Å². The first kappa shape index (κ1) is 23.1. The first-order chi connectivity index (χ1) is 15.4. The molecule has 1 amide bonds. The molecule has 1 saturated carbocycles. The normalized spacial score (nSPS) is 15.1. The van der Waals surface area contributed by atoms with Crippen molar-refractivity contribution >= 4 is 29.0 Å². The van der Waals surface area contributed by atoms with Gasteiger partial charge in [-0.1, -0.05) is 82.1 Å². The lowest BCUT2D eigenvalue weighted by Crippen LogP contribution is -2.24. The molecule has 0 radical (unpaired) electrons. The summed E-state index contributed by atoms with van der Waals surface area (Å²) in [7, 11) is 0. The van der Waals surface area contributed by atoms with Gasteiger partial charge in [-0.3, -0.25) is 9.36 Å². The molecule has 7 heteroatoms. The van der Waals surface area contributed by atoms with Crippen LogP contribution >= 0.6 is 23.1 Å². The van der Waals surface area contributed by atoms with Crippen LogP contribution in [-0.4, -0.2) is 26.4 Å². The minimum Gasteiger partial charge on any atom is -0.350 e. The quantitative estimate of drug-likeness (QED) is 0.418. The predicted octanol–water partition coefficient (Wildman–Crippen LogP) is 6.22. The second-order valence-corrected chi connectivity index (χ2v) is 11.4. The number of nitrogens with zero attached hydrogens (tertiary/aromatic N) is 3. The van der Waals surface area contributed by atoms with E-state index in [0.717, 1.165) is 34.3 Å². The van der Waals surface area contributed by atoms with Crippen molar-refractivity contribution < 1.29 is 4.79 Å². The van der Waals surface area contributed by atoms with Crippen molar-refractivity contribution in [3.8, 4) is 11.4 Å². The Kier molecular flexibility index (Phi) is 7.36. The van der Waals surface area contributed by atoms with Gasteiger partial charge in [-0.25, -0.2) is 0 Å². The van der Waals surface area contributed by atoms with E-state index in [4.69, 9.17) is 0 Å². The lowest BCUT2D eigenvalue weighted by molar-refractivity contribution is -0.118. The molecule has 32 heavy (non-hydrogen) atoms. The molecule has 0 aliphatic heterocycles. The Hall–Kier alpha value is -2.12. The Morgan fingerprint density at radius 2 is 1.88 bits per heavy atom. The number of thioether (sulfide) groups is 1. The van der Waals surface area contributed by atoms with E-state index in [-0.39, 0.29) is 11.3 Å².